The number of anilines is 1. The molecule has 1 N–H and O–H groups in total. The molecule has 3 saturated heterocycles. The van der Waals surface area contributed by atoms with Crippen LogP contribution in [0.5, 0.6) is 0 Å². The molecule has 8 heteroatoms. The van der Waals surface area contributed by atoms with Gasteiger partial charge in [0.15, 0.2) is 5.69 Å². The summed E-state index contributed by atoms with van der Waals surface area (Å²) in [6.07, 6.45) is 2.67. The third-order valence-corrected chi connectivity index (χ3v) is 11.4. The smallest absolute Gasteiger partial charge is 0.274 e. The van der Waals surface area contributed by atoms with Crippen molar-refractivity contribution in [2.45, 2.75) is 76.9 Å². The van der Waals surface area contributed by atoms with E-state index in [2.05, 4.69) is 50.8 Å². The minimum absolute atomic E-state index is 0.0375. The Hall–Kier alpha value is -2.87. The topological polar surface area (TPSA) is 81.9 Å². The molecule has 2 unspecified atom stereocenters. The highest BCUT2D eigenvalue weighted by atomic mass is 16.3. The first-order chi connectivity index (χ1) is 18.6. The molecule has 2 amide bonds. The Morgan fingerprint density at radius 2 is 1.85 bits per heavy atom. The van der Waals surface area contributed by atoms with E-state index >= 15 is 0 Å². The largest absolute Gasteiger partial charge is 0.396 e. The van der Waals surface area contributed by atoms with Gasteiger partial charge in [0.05, 0.1) is 5.54 Å². The van der Waals surface area contributed by atoms with Crippen LogP contribution in [0, 0.1) is 31.1 Å². The first-order valence-electron chi connectivity index (χ1n) is 14.8. The van der Waals surface area contributed by atoms with E-state index in [-0.39, 0.29) is 42.0 Å². The SMILES string of the molecule is Cc1cccc(N2CCN(C(=O)Cn3nc(C(=O)N4CCC5(CO)CC4C5)c4c3C3C5[C@H]3[C@H]45)C(C)(C)C2)c1C. The van der Waals surface area contributed by atoms with Crippen LogP contribution in [0.2, 0.25) is 0 Å². The van der Waals surface area contributed by atoms with Gasteiger partial charge in [0.2, 0.25) is 5.91 Å². The number of hydrogen-bond acceptors (Lipinski definition) is 5. The van der Waals surface area contributed by atoms with E-state index in [1.807, 2.05) is 14.5 Å². The van der Waals surface area contributed by atoms with Crippen molar-refractivity contribution >= 4 is 17.5 Å². The van der Waals surface area contributed by atoms with Gasteiger partial charge < -0.3 is 19.8 Å². The maximum atomic E-state index is 13.8. The zero-order chi connectivity index (χ0) is 27.0. The van der Waals surface area contributed by atoms with Crippen molar-refractivity contribution in [3.63, 3.8) is 0 Å². The molecule has 10 rings (SSSR count). The van der Waals surface area contributed by atoms with E-state index in [0.717, 1.165) is 37.9 Å². The fourth-order valence-electron chi connectivity index (χ4n) is 8.85. The molecule has 4 heterocycles. The zero-order valence-electron chi connectivity index (χ0n) is 23.5. The Labute approximate surface area is 229 Å². The quantitative estimate of drug-likeness (QED) is 0.644. The minimum atomic E-state index is -0.314. The maximum Gasteiger partial charge on any atom is 0.274 e. The third-order valence-electron chi connectivity index (χ3n) is 11.4. The average molecular weight is 530 g/mol. The van der Waals surface area contributed by atoms with Crippen molar-refractivity contribution < 1.29 is 14.7 Å². The molecule has 4 atom stereocenters. The van der Waals surface area contributed by atoms with E-state index in [1.54, 1.807) is 0 Å². The summed E-state index contributed by atoms with van der Waals surface area (Å²) < 4.78 is 1.91. The summed E-state index contributed by atoms with van der Waals surface area (Å²) in [5, 5.41) is 14.6. The van der Waals surface area contributed by atoms with Crippen molar-refractivity contribution in [3.05, 3.63) is 46.3 Å². The third kappa shape index (κ3) is 3.18. The monoisotopic (exact) mass is 529 g/mol. The number of piperazine rings is 1. The average Bonchev–Trinajstić information content (AvgIpc) is 3.66. The fourth-order valence-corrected chi connectivity index (χ4v) is 8.85. The van der Waals surface area contributed by atoms with Gasteiger partial charge >= 0.3 is 0 Å². The van der Waals surface area contributed by atoms with E-state index in [4.69, 9.17) is 5.10 Å². The van der Waals surface area contributed by atoms with Gasteiger partial charge in [0, 0.05) is 61.7 Å². The van der Waals surface area contributed by atoms with Crippen LogP contribution in [0.3, 0.4) is 0 Å². The minimum Gasteiger partial charge on any atom is -0.396 e. The van der Waals surface area contributed by atoms with E-state index in [0.29, 0.717) is 42.5 Å². The summed E-state index contributed by atoms with van der Waals surface area (Å²) >= 11 is 0. The molecular weight excluding hydrogens is 490 g/mol. The normalized spacial score (nSPS) is 34.4. The van der Waals surface area contributed by atoms with Crippen LogP contribution >= 0.6 is 0 Å². The lowest BCUT2D eigenvalue weighted by atomic mass is 9.60. The number of nitrogens with zero attached hydrogens (tertiary/aromatic N) is 5. The van der Waals surface area contributed by atoms with Crippen LogP contribution in [-0.4, -0.2) is 80.9 Å². The second-order valence-corrected chi connectivity index (χ2v) is 14.0. The van der Waals surface area contributed by atoms with Crippen LogP contribution in [0.1, 0.15) is 77.8 Å². The molecule has 3 aliphatic heterocycles. The number of amides is 2. The van der Waals surface area contributed by atoms with Gasteiger partial charge in [0.25, 0.3) is 5.91 Å². The Morgan fingerprint density at radius 3 is 2.51 bits per heavy atom. The molecule has 0 radical (unpaired) electrons. The lowest BCUT2D eigenvalue weighted by Gasteiger charge is -2.56. The lowest BCUT2D eigenvalue weighted by molar-refractivity contribution is -0.138. The van der Waals surface area contributed by atoms with Crippen molar-refractivity contribution in [1.29, 1.82) is 0 Å². The van der Waals surface area contributed by atoms with Crippen molar-refractivity contribution in [3.8, 4) is 0 Å². The number of aromatic nitrogens is 2. The van der Waals surface area contributed by atoms with Gasteiger partial charge in [-0.05, 0) is 87.3 Å². The highest BCUT2D eigenvalue weighted by molar-refractivity contribution is 5.96. The second-order valence-electron chi connectivity index (χ2n) is 14.0. The van der Waals surface area contributed by atoms with Crippen LogP contribution in [-0.2, 0) is 11.3 Å². The number of fused-ring (bicyclic) bond motifs is 2. The molecule has 5 aliphatic carbocycles. The van der Waals surface area contributed by atoms with Gasteiger partial charge in [-0.15, -0.1) is 0 Å². The highest BCUT2D eigenvalue weighted by Crippen LogP contribution is 2.88. The van der Waals surface area contributed by atoms with E-state index in [9.17, 15) is 14.7 Å². The van der Waals surface area contributed by atoms with E-state index < -0.39 is 0 Å². The summed E-state index contributed by atoms with van der Waals surface area (Å²) in [6.45, 7) is 12.0. The summed E-state index contributed by atoms with van der Waals surface area (Å²) in [5.74, 6) is 2.52. The summed E-state index contributed by atoms with van der Waals surface area (Å²) in [6, 6.07) is 6.67. The molecular formula is C31H39N5O3. The second kappa shape index (κ2) is 7.65. The van der Waals surface area contributed by atoms with Crippen LogP contribution in [0.25, 0.3) is 0 Å². The molecule has 8 nitrogen and oxygen atoms in total. The zero-order valence-corrected chi connectivity index (χ0v) is 23.5. The molecule has 4 bridgehead atoms. The number of aryl methyl sites for hydroxylation is 1. The summed E-state index contributed by atoms with van der Waals surface area (Å²) in [7, 11) is 0. The molecule has 39 heavy (non-hydrogen) atoms. The van der Waals surface area contributed by atoms with Gasteiger partial charge in [-0.25, -0.2) is 0 Å². The van der Waals surface area contributed by atoms with Crippen LogP contribution in [0.4, 0.5) is 5.69 Å². The predicted molar refractivity (Wildman–Crippen MR) is 147 cm³/mol. The van der Waals surface area contributed by atoms with Crippen LogP contribution < -0.4 is 4.90 Å². The maximum absolute atomic E-state index is 13.8. The van der Waals surface area contributed by atoms with Gasteiger partial charge in [-0.1, -0.05) is 12.1 Å². The summed E-state index contributed by atoms with van der Waals surface area (Å²) in [4.78, 5) is 34.0. The Bertz CT molecular complexity index is 1410. The number of carbonyl (C=O) groups excluding carboxylic acids is 2. The fraction of sp³-hybridized carbons (Fsp3) is 0.645. The molecule has 1 aromatic carbocycles. The molecule has 6 fully saturated rings. The van der Waals surface area contributed by atoms with Gasteiger partial charge in [0.1, 0.15) is 6.54 Å². The number of carbonyl (C=O) groups is 2. The Balaban J connectivity index is 1.02. The number of aliphatic hydroxyl groups is 1. The van der Waals surface area contributed by atoms with Crippen LogP contribution in [0.15, 0.2) is 18.2 Å². The highest BCUT2D eigenvalue weighted by Gasteiger charge is 2.81. The molecule has 2 aromatic rings. The van der Waals surface area contributed by atoms with Gasteiger partial charge in [-0.2, -0.15) is 5.10 Å². The first-order valence-corrected chi connectivity index (χ1v) is 14.8. The molecule has 1 aromatic heterocycles. The van der Waals surface area contributed by atoms with Crippen molar-refractivity contribution in [1.82, 2.24) is 19.6 Å². The van der Waals surface area contributed by atoms with E-state index in [1.165, 1.54) is 22.5 Å². The Morgan fingerprint density at radius 1 is 1.08 bits per heavy atom. The number of benzene rings is 1. The van der Waals surface area contributed by atoms with Gasteiger partial charge in [-0.3, -0.25) is 14.3 Å². The number of piperidine rings is 2. The predicted octanol–water partition coefficient (Wildman–Crippen LogP) is 3.05. The van der Waals surface area contributed by atoms with Crippen molar-refractivity contribution in [2.75, 3.05) is 37.7 Å². The first kappa shape index (κ1) is 24.0. The standard InChI is InChI=1S/C31H39N5O3/c1-17-6-5-7-20(18(17)2)33-10-11-35(30(3,4)15-33)21(38)14-36-28-25-22-23(25)24(22)26(28)27(32-36)29(39)34-9-8-31(16-37)12-19(34)13-31/h5-7,19,22-25,37H,8-16H2,1-4H3/t19?,22-,23?,24-,25?,31?/m0/s1. The molecule has 8 aliphatic rings. The molecule has 0 spiro atoms. The Kier molecular flexibility index (Phi) is 4.70. The summed E-state index contributed by atoms with van der Waals surface area (Å²) in [5.41, 5.74) is 6.51. The lowest BCUT2D eigenvalue weighted by Crippen LogP contribution is -2.62. The molecule has 3 saturated carbocycles. The number of aliphatic hydroxyl groups excluding tert-OH is 1. The number of hydrogen-bond donors (Lipinski definition) is 1. The number of rotatable bonds is 5. The van der Waals surface area contributed by atoms with Crippen molar-refractivity contribution in [2.24, 2.45) is 17.3 Å². The molecule has 206 valence electrons.